The molecule has 0 spiro atoms. The number of anilines is 3. The van der Waals surface area contributed by atoms with Crippen LogP contribution in [0.4, 0.5) is 17.6 Å². The molecule has 0 aliphatic carbocycles. The third-order valence-electron chi connectivity index (χ3n) is 4.69. The quantitative estimate of drug-likeness (QED) is 0.598. The number of ether oxygens (including phenoxy) is 1. The van der Waals surface area contributed by atoms with Gasteiger partial charge in [-0.15, -0.1) is 0 Å². The fourth-order valence-electron chi connectivity index (χ4n) is 3.35. The molecule has 148 valence electrons. The van der Waals surface area contributed by atoms with Crippen LogP contribution in [-0.4, -0.2) is 63.6 Å². The Labute approximate surface area is 164 Å². The maximum Gasteiger partial charge on any atom is 0.228 e. The highest BCUT2D eigenvalue weighted by molar-refractivity contribution is 5.88. The highest BCUT2D eigenvalue weighted by Gasteiger charge is 2.21. The second-order valence-electron chi connectivity index (χ2n) is 6.81. The van der Waals surface area contributed by atoms with Gasteiger partial charge in [0.15, 0.2) is 5.82 Å². The third-order valence-corrected chi connectivity index (χ3v) is 4.69. The lowest BCUT2D eigenvalue weighted by Gasteiger charge is -2.32. The number of pyridine rings is 1. The van der Waals surface area contributed by atoms with E-state index in [0.717, 1.165) is 36.5 Å². The smallest absolute Gasteiger partial charge is 0.228 e. The number of piperazine rings is 1. The van der Waals surface area contributed by atoms with Crippen molar-refractivity contribution in [3.8, 4) is 0 Å². The Morgan fingerprint density at radius 3 is 3.04 bits per heavy atom. The molecule has 28 heavy (non-hydrogen) atoms. The Balaban J connectivity index is 1.72. The van der Waals surface area contributed by atoms with Crippen molar-refractivity contribution in [3.63, 3.8) is 0 Å². The summed E-state index contributed by atoms with van der Waals surface area (Å²) in [6, 6.07) is 6.15. The summed E-state index contributed by atoms with van der Waals surface area (Å²) in [5.41, 5.74) is 1.67. The van der Waals surface area contributed by atoms with E-state index in [1.54, 1.807) is 12.4 Å². The first-order chi connectivity index (χ1) is 13.7. The van der Waals surface area contributed by atoms with Gasteiger partial charge >= 0.3 is 0 Å². The molecule has 4 rings (SSSR count). The van der Waals surface area contributed by atoms with Crippen molar-refractivity contribution >= 4 is 28.6 Å². The molecule has 1 aliphatic rings. The minimum absolute atomic E-state index is 0.397. The second kappa shape index (κ2) is 8.49. The van der Waals surface area contributed by atoms with E-state index >= 15 is 0 Å². The van der Waals surface area contributed by atoms with Crippen molar-refractivity contribution < 1.29 is 4.74 Å². The van der Waals surface area contributed by atoms with Gasteiger partial charge in [0.1, 0.15) is 16.9 Å². The molecule has 1 fully saturated rings. The Morgan fingerprint density at radius 1 is 1.32 bits per heavy atom. The Morgan fingerprint density at radius 2 is 2.25 bits per heavy atom. The zero-order chi connectivity index (χ0) is 19.3. The van der Waals surface area contributed by atoms with Gasteiger partial charge < -0.3 is 20.3 Å². The van der Waals surface area contributed by atoms with Gasteiger partial charge in [-0.25, -0.2) is 9.97 Å². The summed E-state index contributed by atoms with van der Waals surface area (Å²) < 4.78 is 7.38. The predicted molar refractivity (Wildman–Crippen MR) is 109 cm³/mol. The van der Waals surface area contributed by atoms with E-state index in [4.69, 9.17) is 14.7 Å². The number of hydrogen-bond acceptors (Lipinski definition) is 8. The first-order valence-electron chi connectivity index (χ1n) is 9.72. The van der Waals surface area contributed by atoms with Crippen LogP contribution in [0.1, 0.15) is 13.8 Å². The average molecular weight is 382 g/mol. The molecule has 1 aliphatic heterocycles. The maximum absolute atomic E-state index is 5.50. The van der Waals surface area contributed by atoms with Crippen molar-refractivity contribution in [3.05, 3.63) is 30.6 Å². The normalized spacial score (nSPS) is 17.2. The average Bonchev–Trinajstić information content (AvgIpc) is 3.12. The molecular weight excluding hydrogens is 356 g/mol. The van der Waals surface area contributed by atoms with E-state index in [-0.39, 0.29) is 0 Å². The molecule has 0 radical (unpaired) electrons. The molecule has 0 amide bonds. The van der Waals surface area contributed by atoms with E-state index in [9.17, 15) is 0 Å². The standard InChI is InChI=1S/C19H26N8O/c1-3-28-11-10-27-17-15(12-22-27)23-19(26-9-8-20-14(2)13-26)25-18(17)24-16-6-4-5-7-21-16/h4-7,12,14,20H,3,8-11,13H2,1-2H3,(H,21,23,24,25)/t14-/m1/s1. The molecule has 0 saturated carbocycles. The lowest BCUT2D eigenvalue weighted by atomic mass is 10.2. The summed E-state index contributed by atoms with van der Waals surface area (Å²) in [6.45, 7) is 8.72. The van der Waals surface area contributed by atoms with Gasteiger partial charge in [0.05, 0.1) is 19.3 Å². The number of hydrogen-bond donors (Lipinski definition) is 2. The number of fused-ring (bicyclic) bond motifs is 1. The summed E-state index contributed by atoms with van der Waals surface area (Å²) >= 11 is 0. The highest BCUT2D eigenvalue weighted by atomic mass is 16.5. The van der Waals surface area contributed by atoms with E-state index < -0.39 is 0 Å². The first kappa shape index (κ1) is 18.6. The van der Waals surface area contributed by atoms with Gasteiger partial charge in [0, 0.05) is 38.5 Å². The minimum Gasteiger partial charge on any atom is -0.380 e. The van der Waals surface area contributed by atoms with Gasteiger partial charge in [-0.3, -0.25) is 4.68 Å². The zero-order valence-corrected chi connectivity index (χ0v) is 16.3. The van der Waals surface area contributed by atoms with Gasteiger partial charge in [0.2, 0.25) is 5.95 Å². The van der Waals surface area contributed by atoms with Crippen LogP contribution in [0.3, 0.4) is 0 Å². The number of nitrogens with one attached hydrogen (secondary N) is 2. The van der Waals surface area contributed by atoms with Crippen LogP contribution in [0.15, 0.2) is 30.6 Å². The third kappa shape index (κ3) is 4.05. The van der Waals surface area contributed by atoms with Gasteiger partial charge in [0.25, 0.3) is 0 Å². The summed E-state index contributed by atoms with van der Waals surface area (Å²) in [6.07, 6.45) is 3.55. The molecule has 0 unspecified atom stereocenters. The summed E-state index contributed by atoms with van der Waals surface area (Å²) in [4.78, 5) is 16.2. The van der Waals surface area contributed by atoms with Crippen molar-refractivity contribution in [1.29, 1.82) is 0 Å². The van der Waals surface area contributed by atoms with Crippen LogP contribution < -0.4 is 15.5 Å². The molecule has 9 heteroatoms. The highest BCUT2D eigenvalue weighted by Crippen LogP contribution is 2.26. The van der Waals surface area contributed by atoms with Crippen molar-refractivity contribution in [1.82, 2.24) is 30.0 Å². The topological polar surface area (TPSA) is 93.0 Å². The van der Waals surface area contributed by atoms with Gasteiger partial charge in [-0.2, -0.15) is 10.1 Å². The van der Waals surface area contributed by atoms with Crippen LogP contribution in [0.2, 0.25) is 0 Å². The van der Waals surface area contributed by atoms with Crippen LogP contribution in [0.5, 0.6) is 0 Å². The zero-order valence-electron chi connectivity index (χ0n) is 16.3. The fraction of sp³-hybridized carbons (Fsp3) is 0.474. The summed E-state index contributed by atoms with van der Waals surface area (Å²) in [5.74, 6) is 2.15. The van der Waals surface area contributed by atoms with Gasteiger partial charge in [-0.05, 0) is 26.0 Å². The van der Waals surface area contributed by atoms with E-state index in [1.807, 2.05) is 29.8 Å². The molecule has 1 atom stereocenters. The largest absolute Gasteiger partial charge is 0.380 e. The summed E-state index contributed by atoms with van der Waals surface area (Å²) in [5, 5.41) is 11.3. The monoisotopic (exact) mass is 382 g/mol. The molecule has 1 saturated heterocycles. The molecule has 0 bridgehead atoms. The molecule has 3 aromatic rings. The van der Waals surface area contributed by atoms with E-state index in [0.29, 0.717) is 37.6 Å². The Bertz CT molecular complexity index is 913. The summed E-state index contributed by atoms with van der Waals surface area (Å²) in [7, 11) is 0. The van der Waals surface area contributed by atoms with Crippen LogP contribution in [0, 0.1) is 0 Å². The SMILES string of the molecule is CCOCCn1ncc2nc(N3CCN[C@H](C)C3)nc(Nc3ccccn3)c21. The van der Waals surface area contributed by atoms with Crippen molar-refractivity contribution in [2.45, 2.75) is 26.4 Å². The lowest BCUT2D eigenvalue weighted by Crippen LogP contribution is -2.49. The molecule has 0 aromatic carbocycles. The minimum atomic E-state index is 0.397. The number of aromatic nitrogens is 5. The molecule has 4 heterocycles. The first-order valence-corrected chi connectivity index (χ1v) is 9.72. The van der Waals surface area contributed by atoms with E-state index in [1.165, 1.54) is 0 Å². The molecule has 3 aromatic heterocycles. The number of rotatable bonds is 7. The van der Waals surface area contributed by atoms with Crippen LogP contribution in [0.25, 0.3) is 11.0 Å². The predicted octanol–water partition coefficient (Wildman–Crippen LogP) is 1.80. The molecular formula is C19H26N8O. The molecule has 9 nitrogen and oxygen atoms in total. The second-order valence-corrected chi connectivity index (χ2v) is 6.81. The van der Waals surface area contributed by atoms with Crippen molar-refractivity contribution in [2.75, 3.05) is 43.1 Å². The van der Waals surface area contributed by atoms with Gasteiger partial charge in [-0.1, -0.05) is 6.07 Å². The number of nitrogens with zero attached hydrogens (tertiary/aromatic N) is 6. The Kier molecular flexibility index (Phi) is 5.63. The lowest BCUT2D eigenvalue weighted by molar-refractivity contribution is 0.137. The maximum atomic E-state index is 5.50. The molecule has 2 N–H and O–H groups in total. The van der Waals surface area contributed by atoms with Crippen molar-refractivity contribution in [2.24, 2.45) is 0 Å². The van der Waals surface area contributed by atoms with E-state index in [2.05, 4.69) is 32.5 Å². The van der Waals surface area contributed by atoms with Crippen LogP contribution in [-0.2, 0) is 11.3 Å². The Hall–Kier alpha value is -2.78. The fourth-order valence-corrected chi connectivity index (χ4v) is 3.35. The van der Waals surface area contributed by atoms with Crippen LogP contribution >= 0.6 is 0 Å².